The molecule has 0 radical (unpaired) electrons. The first kappa shape index (κ1) is 13.5. The maximum absolute atomic E-state index is 12.7. The number of aryl methyl sites for hydroxylation is 1. The summed E-state index contributed by atoms with van der Waals surface area (Å²) >= 11 is 0. The lowest BCUT2D eigenvalue weighted by Gasteiger charge is -2.24. The predicted octanol–water partition coefficient (Wildman–Crippen LogP) is 2.65. The summed E-state index contributed by atoms with van der Waals surface area (Å²) in [5.74, 6) is 0. The molecular formula is C16H18N4O. The molecule has 0 fully saturated rings. The van der Waals surface area contributed by atoms with Crippen molar-refractivity contribution >= 4 is 10.9 Å². The molecule has 0 saturated heterocycles. The highest BCUT2D eigenvalue weighted by Gasteiger charge is 2.23. The highest BCUT2D eigenvalue weighted by Crippen LogP contribution is 2.21. The van der Waals surface area contributed by atoms with Crippen LogP contribution in [0.15, 0.2) is 41.6 Å². The molecule has 0 atom stereocenters. The van der Waals surface area contributed by atoms with E-state index in [1.165, 1.54) is 0 Å². The van der Waals surface area contributed by atoms with E-state index in [-0.39, 0.29) is 11.1 Å². The number of nitrogens with zero attached hydrogens (tertiary/aromatic N) is 4. The molecule has 0 saturated carbocycles. The monoisotopic (exact) mass is 282 g/mol. The molecule has 3 heterocycles. The van der Waals surface area contributed by atoms with Gasteiger partial charge in [0, 0.05) is 18.1 Å². The van der Waals surface area contributed by atoms with Gasteiger partial charge in [-0.25, -0.2) is 9.36 Å². The van der Waals surface area contributed by atoms with Crippen LogP contribution in [0.3, 0.4) is 0 Å². The maximum atomic E-state index is 12.7. The van der Waals surface area contributed by atoms with Gasteiger partial charge in [-0.3, -0.25) is 14.8 Å². The molecule has 108 valence electrons. The van der Waals surface area contributed by atoms with E-state index >= 15 is 0 Å². The number of aromatic nitrogens is 4. The van der Waals surface area contributed by atoms with E-state index in [1.807, 2.05) is 50.6 Å². The SMILES string of the molecule is Cc1ccc(-n2c3ccncc3c(=O)n2C(C)(C)C)cn1. The first-order chi connectivity index (χ1) is 9.89. The van der Waals surface area contributed by atoms with Crippen LogP contribution in [0.1, 0.15) is 26.5 Å². The van der Waals surface area contributed by atoms with Crippen molar-refractivity contribution < 1.29 is 0 Å². The molecule has 0 aliphatic heterocycles. The third-order valence-corrected chi connectivity index (χ3v) is 3.42. The van der Waals surface area contributed by atoms with Crippen molar-refractivity contribution in [2.24, 2.45) is 0 Å². The van der Waals surface area contributed by atoms with Gasteiger partial charge in [-0.2, -0.15) is 0 Å². The van der Waals surface area contributed by atoms with Gasteiger partial charge in [-0.05, 0) is 45.9 Å². The van der Waals surface area contributed by atoms with Gasteiger partial charge >= 0.3 is 0 Å². The first-order valence-corrected chi connectivity index (χ1v) is 6.91. The summed E-state index contributed by atoms with van der Waals surface area (Å²) in [6.07, 6.45) is 5.11. The Kier molecular flexibility index (Phi) is 2.93. The van der Waals surface area contributed by atoms with Crippen LogP contribution >= 0.6 is 0 Å². The van der Waals surface area contributed by atoms with Gasteiger partial charge in [0.25, 0.3) is 5.56 Å². The van der Waals surface area contributed by atoms with Gasteiger partial charge in [-0.15, -0.1) is 0 Å². The second-order valence-electron chi connectivity index (χ2n) is 6.15. The molecule has 0 spiro atoms. The molecule has 0 amide bonds. The largest absolute Gasteiger partial charge is 0.276 e. The summed E-state index contributed by atoms with van der Waals surface area (Å²) in [4.78, 5) is 21.1. The maximum Gasteiger partial charge on any atom is 0.276 e. The fraction of sp³-hybridized carbons (Fsp3) is 0.312. The minimum Gasteiger partial charge on any atom is -0.267 e. The standard InChI is InChI=1S/C16H18N4O/c1-11-5-6-12(9-18-11)19-14-7-8-17-10-13(14)15(21)20(19)16(2,3)4/h5-10H,1-4H3. The molecule has 0 N–H and O–H groups in total. The lowest BCUT2D eigenvalue weighted by Crippen LogP contribution is -2.36. The van der Waals surface area contributed by atoms with Crippen LogP contribution < -0.4 is 5.56 Å². The van der Waals surface area contributed by atoms with Gasteiger partial charge in [0.05, 0.1) is 28.3 Å². The smallest absolute Gasteiger partial charge is 0.267 e. The van der Waals surface area contributed by atoms with Gasteiger partial charge in [-0.1, -0.05) is 0 Å². The minimum atomic E-state index is -0.346. The Morgan fingerprint density at radius 2 is 1.86 bits per heavy atom. The van der Waals surface area contributed by atoms with Gasteiger partial charge in [0.2, 0.25) is 0 Å². The molecule has 0 aliphatic rings. The zero-order chi connectivity index (χ0) is 15.2. The summed E-state index contributed by atoms with van der Waals surface area (Å²) in [6, 6.07) is 5.78. The number of rotatable bonds is 1. The Bertz CT molecular complexity index is 851. The quantitative estimate of drug-likeness (QED) is 0.689. The molecule has 21 heavy (non-hydrogen) atoms. The van der Waals surface area contributed by atoms with Crippen LogP contribution in [0.25, 0.3) is 16.6 Å². The highest BCUT2D eigenvalue weighted by atomic mass is 16.1. The Balaban J connectivity index is 2.45. The number of pyridine rings is 2. The fourth-order valence-electron chi connectivity index (χ4n) is 2.49. The summed E-state index contributed by atoms with van der Waals surface area (Å²) in [7, 11) is 0. The number of hydrogen-bond acceptors (Lipinski definition) is 3. The molecule has 0 aliphatic carbocycles. The van der Waals surface area contributed by atoms with Crippen LogP contribution in [0.2, 0.25) is 0 Å². The third-order valence-electron chi connectivity index (χ3n) is 3.42. The van der Waals surface area contributed by atoms with E-state index in [2.05, 4.69) is 9.97 Å². The second-order valence-corrected chi connectivity index (χ2v) is 6.15. The summed E-state index contributed by atoms with van der Waals surface area (Å²) in [5, 5.41) is 0.619. The van der Waals surface area contributed by atoms with E-state index in [0.717, 1.165) is 16.9 Å². The lowest BCUT2D eigenvalue weighted by molar-refractivity contribution is 0.323. The van der Waals surface area contributed by atoms with Crippen LogP contribution in [0, 0.1) is 6.92 Å². The average Bonchev–Trinajstić information content (AvgIpc) is 2.74. The van der Waals surface area contributed by atoms with Gasteiger partial charge in [0.15, 0.2) is 0 Å². The van der Waals surface area contributed by atoms with Gasteiger partial charge < -0.3 is 0 Å². The Morgan fingerprint density at radius 3 is 2.48 bits per heavy atom. The Labute approximate surface area is 122 Å². The first-order valence-electron chi connectivity index (χ1n) is 6.91. The van der Waals surface area contributed by atoms with Crippen LogP contribution in [-0.4, -0.2) is 19.3 Å². The zero-order valence-electron chi connectivity index (χ0n) is 12.7. The average molecular weight is 282 g/mol. The predicted molar refractivity (Wildman–Crippen MR) is 82.9 cm³/mol. The second kappa shape index (κ2) is 4.55. The van der Waals surface area contributed by atoms with Crippen LogP contribution in [0.4, 0.5) is 0 Å². The summed E-state index contributed by atoms with van der Waals surface area (Å²) in [5.41, 5.74) is 2.28. The van der Waals surface area contributed by atoms with E-state index in [0.29, 0.717) is 5.39 Å². The van der Waals surface area contributed by atoms with E-state index in [9.17, 15) is 4.79 Å². The van der Waals surface area contributed by atoms with Gasteiger partial charge in [0.1, 0.15) is 0 Å². The Hall–Kier alpha value is -2.43. The van der Waals surface area contributed by atoms with Crippen molar-refractivity contribution in [2.75, 3.05) is 0 Å². The lowest BCUT2D eigenvalue weighted by atomic mass is 10.1. The highest BCUT2D eigenvalue weighted by molar-refractivity contribution is 5.79. The number of fused-ring (bicyclic) bond motifs is 1. The Morgan fingerprint density at radius 1 is 1.10 bits per heavy atom. The van der Waals surface area contributed by atoms with E-state index in [1.54, 1.807) is 23.3 Å². The molecule has 5 heteroatoms. The van der Waals surface area contributed by atoms with Crippen molar-refractivity contribution in [3.63, 3.8) is 0 Å². The molecule has 0 bridgehead atoms. The van der Waals surface area contributed by atoms with E-state index in [4.69, 9.17) is 0 Å². The van der Waals surface area contributed by atoms with Crippen molar-refractivity contribution in [3.8, 4) is 5.69 Å². The molecule has 5 nitrogen and oxygen atoms in total. The van der Waals surface area contributed by atoms with E-state index < -0.39 is 0 Å². The summed E-state index contributed by atoms with van der Waals surface area (Å²) < 4.78 is 3.68. The topological polar surface area (TPSA) is 52.7 Å². The molecule has 0 aromatic carbocycles. The molecule has 0 unspecified atom stereocenters. The zero-order valence-corrected chi connectivity index (χ0v) is 12.7. The molecule has 3 rings (SSSR count). The third kappa shape index (κ3) is 2.14. The number of hydrogen-bond donors (Lipinski definition) is 0. The van der Waals surface area contributed by atoms with Crippen molar-refractivity contribution in [3.05, 3.63) is 52.8 Å². The molecular weight excluding hydrogens is 264 g/mol. The van der Waals surface area contributed by atoms with Crippen molar-refractivity contribution in [2.45, 2.75) is 33.2 Å². The molecule has 3 aromatic heterocycles. The fourth-order valence-corrected chi connectivity index (χ4v) is 2.49. The normalized spacial score (nSPS) is 12.0. The summed E-state index contributed by atoms with van der Waals surface area (Å²) in [6.45, 7) is 7.98. The van der Waals surface area contributed by atoms with Crippen LogP contribution in [0.5, 0.6) is 0 Å². The van der Waals surface area contributed by atoms with Crippen LogP contribution in [-0.2, 0) is 5.54 Å². The van der Waals surface area contributed by atoms with Crippen molar-refractivity contribution in [1.82, 2.24) is 19.3 Å². The minimum absolute atomic E-state index is 0.0359. The van der Waals surface area contributed by atoms with Crippen molar-refractivity contribution in [1.29, 1.82) is 0 Å². The molecule has 3 aromatic rings.